The van der Waals surface area contributed by atoms with E-state index in [1.54, 1.807) is 18.2 Å². The molecule has 17 heavy (non-hydrogen) atoms. The van der Waals surface area contributed by atoms with E-state index >= 15 is 0 Å². The van der Waals surface area contributed by atoms with E-state index in [2.05, 4.69) is 5.43 Å². The average molecular weight is 275 g/mol. The van der Waals surface area contributed by atoms with E-state index < -0.39 is 11.9 Å². The fraction of sp³-hybridized carbons (Fsp3) is 0.0909. The van der Waals surface area contributed by atoms with Crippen molar-refractivity contribution in [2.24, 2.45) is 5.84 Å². The maximum Gasteiger partial charge on any atom is 0.198 e. The van der Waals surface area contributed by atoms with E-state index in [0.29, 0.717) is 16.1 Å². The standard InChI is InChI=1S/C11H9Cl2FN2O/c12-6-1-2-7(9(14)5-6)10(16-15)8-3-4-17-11(8)13/h1-5,10,16H,15H2. The summed E-state index contributed by atoms with van der Waals surface area (Å²) in [5.41, 5.74) is 3.41. The second kappa shape index (κ2) is 5.06. The Morgan fingerprint density at radius 2 is 2.00 bits per heavy atom. The van der Waals surface area contributed by atoms with Crippen LogP contribution >= 0.6 is 23.2 Å². The van der Waals surface area contributed by atoms with Crippen LogP contribution in [0.5, 0.6) is 0 Å². The minimum absolute atomic E-state index is 0.169. The molecule has 2 aromatic rings. The number of benzene rings is 1. The van der Waals surface area contributed by atoms with Gasteiger partial charge in [-0.25, -0.2) is 9.82 Å². The van der Waals surface area contributed by atoms with E-state index in [-0.39, 0.29) is 5.22 Å². The zero-order chi connectivity index (χ0) is 12.4. The van der Waals surface area contributed by atoms with Crippen molar-refractivity contribution < 1.29 is 8.81 Å². The van der Waals surface area contributed by atoms with Gasteiger partial charge in [0.25, 0.3) is 0 Å². The summed E-state index contributed by atoms with van der Waals surface area (Å²) in [4.78, 5) is 0. The highest BCUT2D eigenvalue weighted by atomic mass is 35.5. The summed E-state index contributed by atoms with van der Waals surface area (Å²) in [5, 5.41) is 0.489. The number of furan rings is 1. The molecule has 0 aliphatic rings. The van der Waals surface area contributed by atoms with Gasteiger partial charge >= 0.3 is 0 Å². The molecule has 1 aromatic carbocycles. The van der Waals surface area contributed by atoms with Crippen LogP contribution in [0.3, 0.4) is 0 Å². The Hall–Kier alpha value is -1.07. The van der Waals surface area contributed by atoms with Crippen molar-refractivity contribution in [3.05, 3.63) is 57.7 Å². The monoisotopic (exact) mass is 274 g/mol. The molecular weight excluding hydrogens is 266 g/mol. The maximum absolute atomic E-state index is 13.8. The van der Waals surface area contributed by atoms with Gasteiger partial charge in [0, 0.05) is 16.1 Å². The van der Waals surface area contributed by atoms with Crippen molar-refractivity contribution in [2.45, 2.75) is 6.04 Å². The molecule has 0 aliphatic heterocycles. The lowest BCUT2D eigenvalue weighted by atomic mass is 10.0. The SMILES string of the molecule is NNC(c1ccc(Cl)cc1F)c1ccoc1Cl. The van der Waals surface area contributed by atoms with Crippen LogP contribution in [0.1, 0.15) is 17.2 Å². The van der Waals surface area contributed by atoms with Crippen LogP contribution in [0.15, 0.2) is 34.9 Å². The highest BCUT2D eigenvalue weighted by Gasteiger charge is 2.20. The maximum atomic E-state index is 13.8. The molecule has 0 aliphatic carbocycles. The first kappa shape index (κ1) is 12.4. The molecule has 0 saturated heterocycles. The van der Waals surface area contributed by atoms with Crippen LogP contribution < -0.4 is 11.3 Å². The van der Waals surface area contributed by atoms with Gasteiger partial charge in [0.2, 0.25) is 0 Å². The number of hydrazine groups is 1. The van der Waals surface area contributed by atoms with Gasteiger partial charge in [-0.15, -0.1) is 0 Å². The Kier molecular flexibility index (Phi) is 3.69. The Bertz CT molecular complexity index is 530. The van der Waals surface area contributed by atoms with Gasteiger partial charge in [0.1, 0.15) is 5.82 Å². The fourth-order valence-corrected chi connectivity index (χ4v) is 1.98. The molecule has 0 fully saturated rings. The zero-order valence-corrected chi connectivity index (χ0v) is 10.1. The molecule has 3 N–H and O–H groups in total. The highest BCUT2D eigenvalue weighted by Crippen LogP contribution is 2.30. The minimum atomic E-state index is -0.585. The van der Waals surface area contributed by atoms with Crippen molar-refractivity contribution in [3.8, 4) is 0 Å². The third-order valence-electron chi connectivity index (χ3n) is 2.40. The molecule has 1 aromatic heterocycles. The molecule has 90 valence electrons. The number of hydrogen-bond donors (Lipinski definition) is 2. The molecule has 1 unspecified atom stereocenters. The van der Waals surface area contributed by atoms with Gasteiger partial charge in [-0.3, -0.25) is 5.84 Å². The van der Waals surface area contributed by atoms with Gasteiger partial charge in [0.05, 0.1) is 12.3 Å². The molecule has 6 heteroatoms. The van der Waals surface area contributed by atoms with Crippen LogP contribution in [0.4, 0.5) is 4.39 Å². The van der Waals surface area contributed by atoms with Crippen molar-refractivity contribution >= 4 is 23.2 Å². The molecule has 0 saturated carbocycles. The number of rotatable bonds is 3. The van der Waals surface area contributed by atoms with E-state index in [1.807, 2.05) is 0 Å². The number of nitrogens with two attached hydrogens (primary N) is 1. The Balaban J connectivity index is 2.46. The lowest BCUT2D eigenvalue weighted by Crippen LogP contribution is -2.29. The van der Waals surface area contributed by atoms with Gasteiger partial charge < -0.3 is 4.42 Å². The van der Waals surface area contributed by atoms with E-state index in [9.17, 15) is 4.39 Å². The Labute approximate surface area is 107 Å². The van der Waals surface area contributed by atoms with Gasteiger partial charge in [-0.2, -0.15) is 0 Å². The molecule has 0 bridgehead atoms. The Morgan fingerprint density at radius 3 is 2.53 bits per heavy atom. The van der Waals surface area contributed by atoms with Crippen molar-refractivity contribution in [3.63, 3.8) is 0 Å². The van der Waals surface area contributed by atoms with Gasteiger partial charge in [0.15, 0.2) is 5.22 Å². The number of hydrogen-bond acceptors (Lipinski definition) is 3. The number of halogens is 3. The van der Waals surface area contributed by atoms with Crippen molar-refractivity contribution in [2.75, 3.05) is 0 Å². The summed E-state index contributed by atoms with van der Waals surface area (Å²) in [6, 6.07) is 5.39. The lowest BCUT2D eigenvalue weighted by molar-refractivity contribution is 0.540. The van der Waals surface area contributed by atoms with Crippen LogP contribution in [0, 0.1) is 5.82 Å². The predicted molar refractivity (Wildman–Crippen MR) is 64.3 cm³/mol. The number of nitrogens with one attached hydrogen (secondary N) is 1. The summed E-state index contributed by atoms with van der Waals surface area (Å²) in [7, 11) is 0. The smallest absolute Gasteiger partial charge is 0.198 e. The quantitative estimate of drug-likeness (QED) is 0.667. The summed E-state index contributed by atoms with van der Waals surface area (Å²) in [6.07, 6.45) is 1.41. The van der Waals surface area contributed by atoms with Crippen molar-refractivity contribution in [1.82, 2.24) is 5.43 Å². The first-order valence-electron chi connectivity index (χ1n) is 4.77. The summed E-state index contributed by atoms with van der Waals surface area (Å²) < 4.78 is 18.7. The molecule has 0 amide bonds. The molecule has 1 atom stereocenters. The minimum Gasteiger partial charge on any atom is -0.453 e. The molecule has 3 nitrogen and oxygen atoms in total. The molecular formula is C11H9Cl2FN2O. The topological polar surface area (TPSA) is 51.2 Å². The summed E-state index contributed by atoms with van der Waals surface area (Å²) in [6.45, 7) is 0. The normalized spacial score (nSPS) is 12.7. The van der Waals surface area contributed by atoms with Gasteiger partial charge in [-0.1, -0.05) is 17.7 Å². The fourth-order valence-electron chi connectivity index (χ4n) is 1.59. The molecule has 0 spiro atoms. The van der Waals surface area contributed by atoms with Crippen LogP contribution in [-0.2, 0) is 0 Å². The first-order chi connectivity index (χ1) is 8.13. The average Bonchev–Trinajstić information content (AvgIpc) is 2.69. The summed E-state index contributed by atoms with van der Waals surface area (Å²) in [5.74, 6) is 4.96. The van der Waals surface area contributed by atoms with Crippen LogP contribution in [0.2, 0.25) is 10.2 Å². The Morgan fingerprint density at radius 1 is 1.24 bits per heavy atom. The first-order valence-corrected chi connectivity index (χ1v) is 5.53. The third kappa shape index (κ3) is 2.45. The largest absolute Gasteiger partial charge is 0.453 e. The van der Waals surface area contributed by atoms with E-state index in [1.165, 1.54) is 12.3 Å². The van der Waals surface area contributed by atoms with Crippen LogP contribution in [0.25, 0.3) is 0 Å². The molecule has 0 radical (unpaired) electrons. The zero-order valence-electron chi connectivity index (χ0n) is 8.58. The van der Waals surface area contributed by atoms with E-state index in [0.717, 1.165) is 0 Å². The van der Waals surface area contributed by atoms with Crippen molar-refractivity contribution in [1.29, 1.82) is 0 Å². The highest BCUT2D eigenvalue weighted by molar-refractivity contribution is 6.30. The second-order valence-electron chi connectivity index (χ2n) is 3.42. The van der Waals surface area contributed by atoms with E-state index in [4.69, 9.17) is 33.5 Å². The molecule has 1 heterocycles. The van der Waals surface area contributed by atoms with Crippen LogP contribution in [-0.4, -0.2) is 0 Å². The van der Waals surface area contributed by atoms with Gasteiger partial charge in [-0.05, 0) is 29.8 Å². The second-order valence-corrected chi connectivity index (χ2v) is 4.19. The predicted octanol–water partition coefficient (Wildman–Crippen LogP) is 3.28. The molecule has 2 rings (SSSR count). The lowest BCUT2D eigenvalue weighted by Gasteiger charge is -2.16. The third-order valence-corrected chi connectivity index (χ3v) is 2.94. The summed E-state index contributed by atoms with van der Waals surface area (Å²) >= 11 is 11.5.